The number of rotatable bonds is 3. The van der Waals surface area contributed by atoms with Gasteiger partial charge in [0.15, 0.2) is 0 Å². The van der Waals surface area contributed by atoms with E-state index in [1.54, 1.807) is 0 Å². The molecule has 31 aromatic rings. The van der Waals surface area contributed by atoms with Crippen molar-refractivity contribution in [2.45, 2.75) is 7.43 Å². The molecule has 0 spiro atoms. The smallest absolute Gasteiger partial charge is 0.0621 e. The Labute approximate surface area is 727 Å². The molecule has 0 radical (unpaired) electrons. The number of hydrogen-bond donors (Lipinski definition) is 0. The first-order valence-corrected chi connectivity index (χ1v) is 43.7. The Morgan fingerprint density at radius 1 is 0.126 bits per heavy atom. The lowest BCUT2D eigenvalue weighted by molar-refractivity contribution is 1.02. The third-order valence-electron chi connectivity index (χ3n) is 28.6. The molecule has 0 atom stereocenters. The predicted molar refractivity (Wildman–Crippen MR) is 543 cm³/mol. The van der Waals surface area contributed by atoms with E-state index in [2.05, 4.69) is 452 Å². The quantitative estimate of drug-likeness (QED) is 0.169. The Morgan fingerprint density at radius 2 is 0.378 bits per heavy atom. The first-order chi connectivity index (χ1) is 62.3. The monoisotopic (exact) mass is 1620 g/mol. The predicted octanol–water partition coefficient (Wildman–Crippen LogP) is 31.6. The van der Waals surface area contributed by atoms with E-state index in [9.17, 15) is 0 Å². The van der Waals surface area contributed by atoms with Gasteiger partial charge in [-0.15, -0.1) is 0 Å². The standard InChI is InChI=1S/3C31H20N2.C25H16N2.CH4/c1-32-26-13-7-5-11-21(26)23-15-16-28-29(31(23)32)25-18-20(19-9-3-2-4-10-19)17-24-22-12-6-8-14-27(22)33(28)30(24)25;1-32-27-13-6-5-10-21(27)25-18-30-26(17-28(25)32)24-12-7-11-23-22-15-14-20(19-8-3-2-4-9-19)16-29(22)33(30)31(23)24;1-32-26-13-6-5-10-21(26)24-16-17-27-29(31(24)32)25-12-7-11-23-22-15-14-20(19-8-3-2-4-9-19)18-28(22)33(27)30(23)25;1-26-20-11-4-2-7-15(20)18-13-14-22-23(25(18)26)19-10-6-9-17-16-8-3-5-12-21(16)27(22)24(17)19;/h3*2-18H,1H3;2-14H,1H3;1H4. The van der Waals surface area contributed by atoms with Gasteiger partial charge in [-0.3, -0.25) is 0 Å². The van der Waals surface area contributed by atoms with Crippen molar-refractivity contribution in [3.05, 3.63) is 388 Å². The highest BCUT2D eigenvalue weighted by Gasteiger charge is 2.28. The maximum absolute atomic E-state index is 2.49. The number of fused-ring (bicyclic) bond motifs is 39. The normalized spacial score (nSPS) is 12.3. The molecule has 12 aromatic heterocycles. The largest absolute Gasteiger partial charge is 0.344 e. The van der Waals surface area contributed by atoms with Gasteiger partial charge >= 0.3 is 0 Å². The van der Waals surface area contributed by atoms with Crippen LogP contribution in [0.2, 0.25) is 0 Å². The van der Waals surface area contributed by atoms with Crippen LogP contribution in [0.5, 0.6) is 0 Å². The van der Waals surface area contributed by atoms with Crippen molar-refractivity contribution in [3.63, 3.8) is 0 Å². The Hall–Kier alpha value is -16.4. The molecule has 31 rings (SSSR count). The van der Waals surface area contributed by atoms with Crippen LogP contribution in [0.3, 0.4) is 0 Å². The summed E-state index contributed by atoms with van der Waals surface area (Å²) in [5, 5.41) is 31.8. The maximum atomic E-state index is 2.49. The minimum Gasteiger partial charge on any atom is -0.344 e. The molecule has 0 fully saturated rings. The van der Waals surface area contributed by atoms with Crippen molar-refractivity contribution in [3.8, 4) is 33.4 Å². The van der Waals surface area contributed by atoms with E-state index in [4.69, 9.17) is 0 Å². The van der Waals surface area contributed by atoms with E-state index in [0.29, 0.717) is 0 Å². The molecule has 8 nitrogen and oxygen atoms in total. The van der Waals surface area contributed by atoms with E-state index in [-0.39, 0.29) is 7.43 Å². The number of benzene rings is 19. The summed E-state index contributed by atoms with van der Waals surface area (Å²) in [5.74, 6) is 0. The SMILES string of the molecule is C.Cn1c2ccccc2c2cc3c(cc21)c1cccc2c4ccc(-c5ccccc5)cc4n3c21.Cn1c2ccccc2c2ccc3c(c4cc(-c5ccccc5)cc5c6ccccc6n3c54)c21.Cn1c2ccccc2c2ccc3c(c4cccc5c6ccc(-c7ccccc7)cc6n3c54)c21.Cn1c2ccccc2c2ccc3c(c4cccc5c6ccccc6n3c54)c21. The van der Waals surface area contributed by atoms with Crippen LogP contribution in [0.25, 0.3) is 273 Å². The first kappa shape index (κ1) is 71.2. The van der Waals surface area contributed by atoms with Crippen molar-refractivity contribution < 1.29 is 0 Å². The summed E-state index contributed by atoms with van der Waals surface area (Å²) in [6.45, 7) is 0. The first-order valence-electron chi connectivity index (χ1n) is 43.7. The maximum Gasteiger partial charge on any atom is 0.0621 e. The van der Waals surface area contributed by atoms with Gasteiger partial charge in [0.2, 0.25) is 0 Å². The Bertz CT molecular complexity index is 10000. The molecule has 0 saturated heterocycles. The lowest BCUT2D eigenvalue weighted by atomic mass is 9.98. The molecule has 0 amide bonds. The molecule has 12 heterocycles. The number of hydrogen-bond acceptors (Lipinski definition) is 0. The molecule has 0 aliphatic carbocycles. The van der Waals surface area contributed by atoms with Gasteiger partial charge in [-0.2, -0.15) is 0 Å². The van der Waals surface area contributed by atoms with Crippen LogP contribution < -0.4 is 0 Å². The van der Waals surface area contributed by atoms with Crippen LogP contribution in [0.1, 0.15) is 7.43 Å². The summed E-state index contributed by atoms with van der Waals surface area (Å²) < 4.78 is 19.3. The van der Waals surface area contributed by atoms with Gasteiger partial charge in [0.05, 0.1) is 82.8 Å². The van der Waals surface area contributed by atoms with Crippen LogP contribution in [0, 0.1) is 0 Å². The summed E-state index contributed by atoms with van der Waals surface area (Å²) in [4.78, 5) is 0. The third kappa shape index (κ3) is 9.54. The Morgan fingerprint density at radius 3 is 0.811 bits per heavy atom. The average molecular weight is 1620 g/mol. The van der Waals surface area contributed by atoms with Crippen molar-refractivity contribution in [2.24, 2.45) is 28.2 Å². The summed E-state index contributed by atoms with van der Waals surface area (Å²) in [5.41, 5.74) is 33.4. The second-order valence-corrected chi connectivity index (χ2v) is 34.7. The Balaban J connectivity index is 0.0000000878. The molecular weight excluding hydrogens is 1540 g/mol. The second-order valence-electron chi connectivity index (χ2n) is 34.7. The molecule has 0 aliphatic rings. The molecule has 127 heavy (non-hydrogen) atoms. The van der Waals surface area contributed by atoms with E-state index >= 15 is 0 Å². The van der Waals surface area contributed by atoms with Crippen molar-refractivity contribution in [1.82, 2.24) is 35.9 Å². The van der Waals surface area contributed by atoms with E-state index in [1.807, 2.05) is 0 Å². The molecule has 596 valence electrons. The van der Waals surface area contributed by atoms with Crippen LogP contribution in [0.4, 0.5) is 0 Å². The zero-order valence-corrected chi connectivity index (χ0v) is 69.5. The van der Waals surface area contributed by atoms with Gasteiger partial charge in [0.25, 0.3) is 0 Å². The second kappa shape index (κ2) is 26.3. The molecule has 0 N–H and O–H groups in total. The van der Waals surface area contributed by atoms with Crippen LogP contribution in [-0.2, 0) is 28.2 Å². The summed E-state index contributed by atoms with van der Waals surface area (Å²) >= 11 is 0. The zero-order chi connectivity index (χ0) is 82.7. The highest BCUT2D eigenvalue weighted by atomic mass is 15.0. The summed E-state index contributed by atoms with van der Waals surface area (Å²) in [6, 6.07) is 142. The van der Waals surface area contributed by atoms with Gasteiger partial charge in [-0.1, -0.05) is 305 Å². The van der Waals surface area contributed by atoms with Gasteiger partial charge in [-0.25, -0.2) is 0 Å². The molecule has 8 heteroatoms. The lowest BCUT2D eigenvalue weighted by Crippen LogP contribution is -1.88. The van der Waals surface area contributed by atoms with E-state index in [1.165, 1.54) is 273 Å². The summed E-state index contributed by atoms with van der Waals surface area (Å²) in [6.07, 6.45) is 0. The molecule has 0 saturated carbocycles. The van der Waals surface area contributed by atoms with Crippen LogP contribution in [-0.4, -0.2) is 35.9 Å². The highest BCUT2D eigenvalue weighted by Crippen LogP contribution is 2.51. The molecule has 0 bridgehead atoms. The average Bonchev–Trinajstić information content (AvgIpc) is 1.54. The fourth-order valence-electron chi connectivity index (χ4n) is 23.2. The van der Waals surface area contributed by atoms with Crippen molar-refractivity contribution in [1.29, 1.82) is 0 Å². The molecular formula is C119H80N8. The number of para-hydroxylation sites is 9. The van der Waals surface area contributed by atoms with Gasteiger partial charge in [0, 0.05) is 185 Å². The third-order valence-corrected chi connectivity index (χ3v) is 28.6. The number of aromatic nitrogens is 8. The number of nitrogens with zero attached hydrogens (tertiary/aromatic N) is 8. The van der Waals surface area contributed by atoms with Gasteiger partial charge in [0.1, 0.15) is 0 Å². The fraction of sp³-hybridized carbons (Fsp3) is 0.0420. The minimum absolute atomic E-state index is 0. The molecule has 0 aliphatic heterocycles. The zero-order valence-electron chi connectivity index (χ0n) is 69.5. The Kier molecular flexibility index (Phi) is 14.7. The molecule has 19 aromatic carbocycles. The van der Waals surface area contributed by atoms with E-state index < -0.39 is 0 Å². The fourth-order valence-corrected chi connectivity index (χ4v) is 23.2. The van der Waals surface area contributed by atoms with Gasteiger partial charge < -0.3 is 35.9 Å². The van der Waals surface area contributed by atoms with E-state index in [0.717, 1.165) is 0 Å². The topological polar surface area (TPSA) is 37.4 Å². The van der Waals surface area contributed by atoms with Crippen molar-refractivity contribution >= 4 is 240 Å². The lowest BCUT2D eigenvalue weighted by Gasteiger charge is -2.05. The summed E-state index contributed by atoms with van der Waals surface area (Å²) in [7, 11) is 8.77. The van der Waals surface area contributed by atoms with Crippen LogP contribution in [0.15, 0.2) is 388 Å². The molecule has 0 unspecified atom stereocenters. The number of aryl methyl sites for hydroxylation is 4. The van der Waals surface area contributed by atoms with Crippen molar-refractivity contribution in [2.75, 3.05) is 0 Å². The minimum atomic E-state index is 0. The van der Waals surface area contributed by atoms with Crippen LogP contribution >= 0.6 is 0 Å². The highest BCUT2D eigenvalue weighted by molar-refractivity contribution is 6.35. The van der Waals surface area contributed by atoms with Gasteiger partial charge in [-0.05, 0) is 124 Å².